The van der Waals surface area contributed by atoms with Gasteiger partial charge in [-0.25, -0.2) is 0 Å². The van der Waals surface area contributed by atoms with Crippen molar-refractivity contribution in [1.82, 2.24) is 0 Å². The summed E-state index contributed by atoms with van der Waals surface area (Å²) in [6.45, 7) is 0. The number of alkyl halides is 2. The molecule has 0 amide bonds. The van der Waals surface area contributed by atoms with E-state index in [1.54, 1.807) is 0 Å². The van der Waals surface area contributed by atoms with E-state index < -0.39 is 0 Å². The van der Waals surface area contributed by atoms with Gasteiger partial charge in [0.2, 0.25) is 0 Å². The molecule has 0 aromatic heterocycles. The van der Waals surface area contributed by atoms with Crippen LogP contribution in [0.25, 0.3) is 0 Å². The minimum absolute atomic E-state index is 1.14. The summed E-state index contributed by atoms with van der Waals surface area (Å²) >= 11 is 4.64. The van der Waals surface area contributed by atoms with Crippen LogP contribution in [0.3, 0.4) is 0 Å². The zero-order chi connectivity index (χ0) is 4.83. The van der Waals surface area contributed by atoms with Gasteiger partial charge in [-0.15, -0.1) is 0 Å². The molecule has 0 unspecified atom stereocenters. The van der Waals surface area contributed by atoms with E-state index in [4.69, 9.17) is 0 Å². The summed E-state index contributed by atoms with van der Waals surface area (Å²) in [7, 11) is 0. The molecule has 0 aromatic carbocycles. The summed E-state index contributed by atoms with van der Waals surface area (Å²) in [4.78, 5) is 0. The summed E-state index contributed by atoms with van der Waals surface area (Å²) in [6.07, 6.45) is 4.32. The van der Waals surface area contributed by atoms with Crippen LogP contribution in [-0.4, -0.2) is 8.86 Å². The van der Waals surface area contributed by atoms with E-state index in [0.717, 1.165) is 8.86 Å². The first-order valence-electron chi connectivity index (χ1n) is 1.68. The molecule has 0 aliphatic carbocycles. The highest BCUT2D eigenvalue weighted by Crippen LogP contribution is 1.85. The summed E-state index contributed by atoms with van der Waals surface area (Å²) in [5, 5.41) is 0. The van der Waals surface area contributed by atoms with Crippen LogP contribution in [0.4, 0.5) is 0 Å². The number of hydrogen-bond donors (Lipinski definition) is 0. The highest BCUT2D eigenvalue weighted by atomic mass is 127. The Morgan fingerprint density at radius 3 is 1.50 bits per heavy atom. The van der Waals surface area contributed by atoms with E-state index in [1.165, 1.54) is 0 Å². The van der Waals surface area contributed by atoms with Crippen molar-refractivity contribution in [2.45, 2.75) is 0 Å². The zero-order valence-electron chi connectivity index (χ0n) is 3.32. The van der Waals surface area contributed by atoms with Gasteiger partial charge >= 0.3 is 0 Å². The molecule has 0 bridgehead atoms. The minimum atomic E-state index is 1.14. The maximum absolute atomic E-state index is 2.32. The first-order chi connectivity index (χ1) is 2.91. The highest BCUT2D eigenvalue weighted by molar-refractivity contribution is 14.1. The lowest BCUT2D eigenvalue weighted by atomic mass is 10.6. The van der Waals surface area contributed by atoms with Gasteiger partial charge in [-0.2, -0.15) is 0 Å². The largest absolute Gasteiger partial charge is 0.0819 e. The van der Waals surface area contributed by atoms with E-state index in [2.05, 4.69) is 57.3 Å². The van der Waals surface area contributed by atoms with Gasteiger partial charge in [0.25, 0.3) is 0 Å². The molecule has 0 aliphatic rings. The lowest BCUT2D eigenvalue weighted by Crippen LogP contribution is -1.58. The Labute approximate surface area is 65.7 Å². The normalized spacial score (nSPS) is 10.3. The van der Waals surface area contributed by atoms with Crippen LogP contribution < -0.4 is 0 Å². The monoisotopic (exact) mass is 308 g/mol. The van der Waals surface area contributed by atoms with E-state index in [-0.39, 0.29) is 0 Å². The van der Waals surface area contributed by atoms with Gasteiger partial charge < -0.3 is 0 Å². The standard InChI is InChI=1S/C4H6I2/c5-3-1-2-4-6/h1-2H,3-4H2/b2-1-. The highest BCUT2D eigenvalue weighted by Gasteiger charge is 1.62. The fourth-order valence-corrected chi connectivity index (χ4v) is 0.845. The molecule has 0 N–H and O–H groups in total. The summed E-state index contributed by atoms with van der Waals surface area (Å²) in [6, 6.07) is 0. The Balaban J connectivity index is 2.73. The fourth-order valence-electron chi connectivity index (χ4n) is 0.126. The average molecular weight is 308 g/mol. The van der Waals surface area contributed by atoms with E-state index in [1.807, 2.05) is 0 Å². The quantitative estimate of drug-likeness (QED) is 0.417. The Morgan fingerprint density at radius 1 is 1.00 bits per heavy atom. The average Bonchev–Trinajstić information content (AvgIpc) is 1.61. The predicted molar refractivity (Wildman–Crippen MR) is 46.9 cm³/mol. The molecule has 0 aromatic rings. The van der Waals surface area contributed by atoms with Gasteiger partial charge in [0.15, 0.2) is 0 Å². The molecule has 2 heteroatoms. The molecule has 0 saturated carbocycles. The van der Waals surface area contributed by atoms with Crippen LogP contribution >= 0.6 is 45.2 Å². The molecule has 0 radical (unpaired) electrons. The lowest BCUT2D eigenvalue weighted by molar-refractivity contribution is 1.74. The topological polar surface area (TPSA) is 0 Å². The van der Waals surface area contributed by atoms with E-state index >= 15 is 0 Å². The van der Waals surface area contributed by atoms with Crippen LogP contribution in [-0.2, 0) is 0 Å². The predicted octanol–water partition coefficient (Wildman–Crippen LogP) is 2.41. The third-order valence-corrected chi connectivity index (χ3v) is 1.36. The number of halogens is 2. The summed E-state index contributed by atoms with van der Waals surface area (Å²) < 4.78 is 2.28. The van der Waals surface area contributed by atoms with Crippen molar-refractivity contribution < 1.29 is 0 Å². The molecular weight excluding hydrogens is 302 g/mol. The van der Waals surface area contributed by atoms with Gasteiger partial charge in [0.05, 0.1) is 0 Å². The molecule has 0 spiro atoms. The molecule has 0 saturated heterocycles. The van der Waals surface area contributed by atoms with E-state index in [0.29, 0.717) is 0 Å². The van der Waals surface area contributed by atoms with Gasteiger partial charge in [0, 0.05) is 8.86 Å². The van der Waals surface area contributed by atoms with Crippen LogP contribution in [0.1, 0.15) is 0 Å². The van der Waals surface area contributed by atoms with Crippen molar-refractivity contribution in [2.24, 2.45) is 0 Å². The van der Waals surface area contributed by atoms with Crippen LogP contribution in [0, 0.1) is 0 Å². The molecule has 0 atom stereocenters. The lowest BCUT2D eigenvalue weighted by Gasteiger charge is -1.70. The third kappa shape index (κ3) is 5.20. The first kappa shape index (κ1) is 7.20. The SMILES string of the molecule is IC/C=C\CI. The van der Waals surface area contributed by atoms with Crippen molar-refractivity contribution in [3.05, 3.63) is 12.2 Å². The second-order valence-corrected chi connectivity index (χ2v) is 2.54. The van der Waals surface area contributed by atoms with Crippen molar-refractivity contribution in [2.75, 3.05) is 8.86 Å². The second kappa shape index (κ2) is 6.20. The Bertz CT molecular complexity index is 34.8. The van der Waals surface area contributed by atoms with Gasteiger partial charge in [-0.3, -0.25) is 0 Å². The molecule has 0 nitrogen and oxygen atoms in total. The van der Waals surface area contributed by atoms with Gasteiger partial charge in [-0.05, 0) is 0 Å². The zero-order valence-corrected chi connectivity index (χ0v) is 7.64. The van der Waals surface area contributed by atoms with Crippen molar-refractivity contribution >= 4 is 45.2 Å². The first-order valence-corrected chi connectivity index (χ1v) is 4.74. The number of allylic oxidation sites excluding steroid dienone is 2. The van der Waals surface area contributed by atoms with Crippen LogP contribution in [0.15, 0.2) is 12.2 Å². The summed E-state index contributed by atoms with van der Waals surface area (Å²) in [5.41, 5.74) is 0. The van der Waals surface area contributed by atoms with Gasteiger partial charge in [0.1, 0.15) is 0 Å². The Kier molecular flexibility index (Phi) is 7.44. The second-order valence-electron chi connectivity index (χ2n) is 0.780. The molecule has 0 fully saturated rings. The third-order valence-electron chi connectivity index (χ3n) is 0.345. The fraction of sp³-hybridized carbons (Fsp3) is 0.500. The molecule has 0 aliphatic heterocycles. The minimum Gasteiger partial charge on any atom is -0.0819 e. The van der Waals surface area contributed by atoms with Crippen molar-refractivity contribution in [3.63, 3.8) is 0 Å². The Morgan fingerprint density at radius 2 is 1.33 bits per heavy atom. The molecule has 0 heterocycles. The maximum atomic E-state index is 2.32. The molecule has 6 heavy (non-hydrogen) atoms. The summed E-state index contributed by atoms with van der Waals surface area (Å²) in [5.74, 6) is 0. The van der Waals surface area contributed by atoms with Crippen LogP contribution in [0.5, 0.6) is 0 Å². The number of hydrogen-bond acceptors (Lipinski definition) is 0. The molecule has 36 valence electrons. The van der Waals surface area contributed by atoms with Crippen LogP contribution in [0.2, 0.25) is 0 Å². The molecule has 0 rings (SSSR count). The van der Waals surface area contributed by atoms with E-state index in [9.17, 15) is 0 Å². The van der Waals surface area contributed by atoms with Crippen molar-refractivity contribution in [1.29, 1.82) is 0 Å². The van der Waals surface area contributed by atoms with Gasteiger partial charge in [-0.1, -0.05) is 57.3 Å². The van der Waals surface area contributed by atoms with Crippen molar-refractivity contribution in [3.8, 4) is 0 Å². The maximum Gasteiger partial charge on any atom is 0.0176 e. The molecular formula is C4H6I2. The number of rotatable bonds is 2. The Hall–Kier alpha value is 1.20. The smallest absolute Gasteiger partial charge is 0.0176 e.